The van der Waals surface area contributed by atoms with Gasteiger partial charge in [0.05, 0.1) is 11.5 Å². The van der Waals surface area contributed by atoms with Gasteiger partial charge in [-0.05, 0) is 25.5 Å². The molecule has 1 amide bonds. The molecule has 94 valence electrons. The molecular formula is C11H16N2O3S. The van der Waals surface area contributed by atoms with Crippen LogP contribution in [0.25, 0.3) is 0 Å². The molecule has 2 rings (SSSR count). The van der Waals surface area contributed by atoms with Gasteiger partial charge in [-0.3, -0.25) is 4.79 Å². The van der Waals surface area contributed by atoms with Gasteiger partial charge in [0.15, 0.2) is 9.84 Å². The highest BCUT2D eigenvalue weighted by molar-refractivity contribution is 7.91. The summed E-state index contributed by atoms with van der Waals surface area (Å²) in [6.45, 7) is 2.39. The van der Waals surface area contributed by atoms with Gasteiger partial charge in [0.25, 0.3) is 5.91 Å². The van der Waals surface area contributed by atoms with Gasteiger partial charge < -0.3 is 9.88 Å². The predicted octanol–water partition coefficient (Wildman–Crippen LogP) is 0.664. The number of hydrogen-bond acceptors (Lipinski definition) is 3. The summed E-state index contributed by atoms with van der Waals surface area (Å²) in [5.41, 5.74) is 0.510. The Hall–Kier alpha value is -1.30. The maximum atomic E-state index is 12.1. The lowest BCUT2D eigenvalue weighted by molar-refractivity contribution is 0.0703. The summed E-state index contributed by atoms with van der Waals surface area (Å²) in [5, 5.41) is 0. The van der Waals surface area contributed by atoms with Crippen molar-refractivity contribution in [3.63, 3.8) is 0 Å². The molecule has 5 nitrogen and oxygen atoms in total. The van der Waals surface area contributed by atoms with Crippen molar-refractivity contribution in [3.8, 4) is 0 Å². The van der Waals surface area contributed by atoms with E-state index in [4.69, 9.17) is 0 Å². The summed E-state index contributed by atoms with van der Waals surface area (Å²) >= 11 is 0. The van der Waals surface area contributed by atoms with Gasteiger partial charge in [0, 0.05) is 18.8 Å². The Balaban J connectivity index is 2.15. The number of sulfone groups is 1. The minimum absolute atomic E-state index is 0.0906. The maximum Gasteiger partial charge on any atom is 0.270 e. The van der Waals surface area contributed by atoms with Gasteiger partial charge in [0.1, 0.15) is 5.69 Å². The molecule has 1 aliphatic heterocycles. The number of carbonyl (C=O) groups excluding carboxylic acids is 1. The second-order valence-electron chi connectivity index (χ2n) is 4.23. The number of amides is 1. The molecule has 6 heteroatoms. The monoisotopic (exact) mass is 256 g/mol. The molecule has 0 saturated carbocycles. The van der Waals surface area contributed by atoms with Crippen LogP contribution in [0, 0.1) is 0 Å². The fraction of sp³-hybridized carbons (Fsp3) is 0.545. The zero-order chi connectivity index (χ0) is 12.5. The van der Waals surface area contributed by atoms with E-state index < -0.39 is 9.84 Å². The van der Waals surface area contributed by atoms with Crippen molar-refractivity contribution in [2.45, 2.75) is 19.4 Å². The van der Waals surface area contributed by atoms with Crippen molar-refractivity contribution in [3.05, 3.63) is 24.0 Å². The number of nitrogens with zero attached hydrogens (tertiary/aromatic N) is 1. The highest BCUT2D eigenvalue weighted by atomic mass is 32.2. The molecule has 1 fully saturated rings. The quantitative estimate of drug-likeness (QED) is 0.864. The normalized spacial score (nSPS) is 22.5. The van der Waals surface area contributed by atoms with Gasteiger partial charge in [-0.1, -0.05) is 0 Å². The first kappa shape index (κ1) is 12.2. The van der Waals surface area contributed by atoms with Crippen LogP contribution in [0.1, 0.15) is 23.8 Å². The van der Waals surface area contributed by atoms with Gasteiger partial charge in [-0.25, -0.2) is 8.42 Å². The van der Waals surface area contributed by atoms with E-state index in [1.807, 2.05) is 6.92 Å². The Labute approximate surface area is 101 Å². The van der Waals surface area contributed by atoms with Gasteiger partial charge in [0.2, 0.25) is 0 Å². The van der Waals surface area contributed by atoms with Crippen LogP contribution >= 0.6 is 0 Å². The Bertz CT molecular complexity index is 493. The van der Waals surface area contributed by atoms with E-state index in [1.54, 1.807) is 23.2 Å². The van der Waals surface area contributed by atoms with Crippen molar-refractivity contribution in [2.75, 3.05) is 18.1 Å². The molecule has 0 bridgehead atoms. The summed E-state index contributed by atoms with van der Waals surface area (Å²) < 4.78 is 22.8. The Morgan fingerprint density at radius 3 is 2.82 bits per heavy atom. The van der Waals surface area contributed by atoms with Crippen molar-refractivity contribution in [2.24, 2.45) is 0 Å². The zero-order valence-electron chi connectivity index (χ0n) is 9.72. The molecule has 1 unspecified atom stereocenters. The third-order valence-corrected chi connectivity index (χ3v) is 4.83. The molecule has 0 spiro atoms. The van der Waals surface area contributed by atoms with Crippen LogP contribution in [0.2, 0.25) is 0 Å². The van der Waals surface area contributed by atoms with E-state index >= 15 is 0 Å². The van der Waals surface area contributed by atoms with E-state index in [2.05, 4.69) is 4.98 Å². The minimum atomic E-state index is -2.96. The lowest BCUT2D eigenvalue weighted by Crippen LogP contribution is -2.41. The summed E-state index contributed by atoms with van der Waals surface area (Å²) in [7, 11) is -2.96. The number of hydrogen-bond donors (Lipinski definition) is 1. The minimum Gasteiger partial charge on any atom is -0.357 e. The molecule has 1 N–H and O–H groups in total. The van der Waals surface area contributed by atoms with E-state index in [0.29, 0.717) is 18.7 Å². The SMILES string of the molecule is CCN(C(=O)c1ccc[nH]1)C1CCS(=O)(=O)C1. The molecule has 1 atom stereocenters. The number of aromatic amines is 1. The Morgan fingerprint density at radius 1 is 1.59 bits per heavy atom. The standard InChI is InChI=1S/C11H16N2O3S/c1-2-13(9-5-7-17(15,16)8-9)11(14)10-4-3-6-12-10/h3-4,6,9,12H,2,5,7-8H2,1H3. The van der Waals surface area contributed by atoms with Crippen LogP contribution in [0.4, 0.5) is 0 Å². The largest absolute Gasteiger partial charge is 0.357 e. The first-order valence-corrected chi connectivity index (χ1v) is 7.50. The first-order valence-electron chi connectivity index (χ1n) is 5.68. The molecule has 0 aliphatic carbocycles. The van der Waals surface area contributed by atoms with Crippen LogP contribution in [0.15, 0.2) is 18.3 Å². The molecule has 17 heavy (non-hydrogen) atoms. The van der Waals surface area contributed by atoms with Crippen LogP contribution in [0.3, 0.4) is 0 Å². The third-order valence-electron chi connectivity index (χ3n) is 3.08. The highest BCUT2D eigenvalue weighted by Gasteiger charge is 2.34. The fourth-order valence-electron chi connectivity index (χ4n) is 2.21. The third kappa shape index (κ3) is 2.52. The molecule has 2 heterocycles. The zero-order valence-corrected chi connectivity index (χ0v) is 10.5. The summed E-state index contributed by atoms with van der Waals surface area (Å²) in [6.07, 6.45) is 2.23. The molecule has 0 aromatic carbocycles. The van der Waals surface area contributed by atoms with Crippen LogP contribution < -0.4 is 0 Å². The lowest BCUT2D eigenvalue weighted by atomic mass is 10.2. The summed E-state index contributed by atoms with van der Waals surface area (Å²) in [6, 6.07) is 3.28. The van der Waals surface area contributed by atoms with Gasteiger partial charge >= 0.3 is 0 Å². The van der Waals surface area contributed by atoms with Crippen LogP contribution in [-0.4, -0.2) is 48.3 Å². The topological polar surface area (TPSA) is 70.2 Å². The second kappa shape index (κ2) is 4.52. The van der Waals surface area contributed by atoms with E-state index in [9.17, 15) is 13.2 Å². The van der Waals surface area contributed by atoms with Crippen molar-refractivity contribution >= 4 is 15.7 Å². The highest BCUT2D eigenvalue weighted by Crippen LogP contribution is 2.19. The van der Waals surface area contributed by atoms with Gasteiger partial charge in [-0.2, -0.15) is 0 Å². The number of rotatable bonds is 3. The molecule has 0 radical (unpaired) electrons. The number of H-pyrrole nitrogens is 1. The second-order valence-corrected chi connectivity index (χ2v) is 6.46. The maximum absolute atomic E-state index is 12.1. The first-order chi connectivity index (χ1) is 8.03. The smallest absolute Gasteiger partial charge is 0.270 e. The molecule has 1 aromatic rings. The molecule has 1 saturated heterocycles. The van der Waals surface area contributed by atoms with Gasteiger partial charge in [-0.15, -0.1) is 0 Å². The molecule has 1 aromatic heterocycles. The fourth-order valence-corrected chi connectivity index (χ4v) is 3.94. The van der Waals surface area contributed by atoms with E-state index in [-0.39, 0.29) is 23.5 Å². The molecule has 1 aliphatic rings. The van der Waals surface area contributed by atoms with Crippen molar-refractivity contribution < 1.29 is 13.2 Å². The number of nitrogens with one attached hydrogen (secondary N) is 1. The van der Waals surface area contributed by atoms with Crippen LogP contribution in [-0.2, 0) is 9.84 Å². The lowest BCUT2D eigenvalue weighted by Gasteiger charge is -2.26. The Kier molecular flexibility index (Phi) is 3.24. The summed E-state index contributed by atoms with van der Waals surface area (Å²) in [5.74, 6) is 0.152. The van der Waals surface area contributed by atoms with Crippen molar-refractivity contribution in [1.29, 1.82) is 0 Å². The van der Waals surface area contributed by atoms with Crippen molar-refractivity contribution in [1.82, 2.24) is 9.88 Å². The van der Waals surface area contributed by atoms with Crippen LogP contribution in [0.5, 0.6) is 0 Å². The summed E-state index contributed by atoms with van der Waals surface area (Å²) in [4.78, 5) is 16.6. The number of carbonyl (C=O) groups is 1. The predicted molar refractivity (Wildman–Crippen MR) is 64.6 cm³/mol. The Morgan fingerprint density at radius 2 is 2.35 bits per heavy atom. The number of aromatic nitrogens is 1. The van der Waals surface area contributed by atoms with E-state index in [1.165, 1.54) is 0 Å². The average Bonchev–Trinajstić information content (AvgIpc) is 2.88. The average molecular weight is 256 g/mol. The molecular weight excluding hydrogens is 240 g/mol. The van der Waals surface area contributed by atoms with E-state index in [0.717, 1.165) is 0 Å².